The molecule has 2 N–H and O–H groups in total. The Morgan fingerprint density at radius 1 is 1.39 bits per heavy atom. The van der Waals surface area contributed by atoms with Crippen LogP contribution in [-0.4, -0.2) is 25.5 Å². The van der Waals surface area contributed by atoms with Gasteiger partial charge in [-0.1, -0.05) is 25.1 Å². The number of carbonyl (C=O) groups excluding carboxylic acids is 2. The van der Waals surface area contributed by atoms with Gasteiger partial charge in [-0.25, -0.2) is 0 Å². The minimum Gasteiger partial charge on any atom is -0.469 e. The van der Waals surface area contributed by atoms with E-state index in [9.17, 15) is 9.59 Å². The summed E-state index contributed by atoms with van der Waals surface area (Å²) in [5.41, 5.74) is 2.62. The van der Waals surface area contributed by atoms with Gasteiger partial charge < -0.3 is 15.4 Å². The molecule has 1 rings (SSSR count). The van der Waals surface area contributed by atoms with Crippen LogP contribution in [0.15, 0.2) is 30.0 Å². The van der Waals surface area contributed by atoms with E-state index in [4.69, 9.17) is 5.26 Å². The van der Waals surface area contributed by atoms with Gasteiger partial charge in [0.1, 0.15) is 11.6 Å². The van der Waals surface area contributed by atoms with Gasteiger partial charge in [-0.05, 0) is 24.5 Å². The normalized spacial score (nSPS) is 10.6. The van der Waals surface area contributed by atoms with Crippen LogP contribution < -0.4 is 10.6 Å². The average Bonchev–Trinajstić information content (AvgIpc) is 2.56. The van der Waals surface area contributed by atoms with Crippen LogP contribution in [0.4, 0.5) is 5.69 Å². The molecule has 1 aromatic rings. The van der Waals surface area contributed by atoms with E-state index in [0.29, 0.717) is 0 Å². The van der Waals surface area contributed by atoms with Crippen molar-refractivity contribution >= 4 is 17.6 Å². The van der Waals surface area contributed by atoms with Gasteiger partial charge >= 0.3 is 5.97 Å². The van der Waals surface area contributed by atoms with E-state index >= 15 is 0 Å². The first-order valence-electron chi connectivity index (χ1n) is 7.33. The van der Waals surface area contributed by atoms with Crippen LogP contribution in [0.3, 0.4) is 0 Å². The molecule has 23 heavy (non-hydrogen) atoms. The van der Waals surface area contributed by atoms with Crippen LogP contribution in [0.25, 0.3) is 0 Å². The number of para-hydroxylation sites is 1. The maximum absolute atomic E-state index is 12.2. The van der Waals surface area contributed by atoms with E-state index in [-0.39, 0.29) is 24.5 Å². The first kappa shape index (κ1) is 18.2. The summed E-state index contributed by atoms with van der Waals surface area (Å²) in [6.07, 6.45) is 2.24. The summed E-state index contributed by atoms with van der Waals surface area (Å²) in [5, 5.41) is 14.7. The van der Waals surface area contributed by atoms with Crippen molar-refractivity contribution in [1.82, 2.24) is 5.32 Å². The van der Waals surface area contributed by atoms with Gasteiger partial charge in [0.15, 0.2) is 0 Å². The molecular formula is C17H21N3O3. The number of nitriles is 1. The number of rotatable bonds is 7. The van der Waals surface area contributed by atoms with Crippen molar-refractivity contribution in [2.75, 3.05) is 19.0 Å². The highest BCUT2D eigenvalue weighted by Crippen LogP contribution is 2.21. The van der Waals surface area contributed by atoms with Gasteiger partial charge in [0.05, 0.1) is 13.5 Å². The molecule has 0 radical (unpaired) electrons. The largest absolute Gasteiger partial charge is 0.469 e. The Labute approximate surface area is 136 Å². The number of nitrogens with zero attached hydrogens (tertiary/aromatic N) is 1. The molecule has 0 saturated heterocycles. The molecule has 122 valence electrons. The molecular weight excluding hydrogens is 294 g/mol. The lowest BCUT2D eigenvalue weighted by Gasteiger charge is -2.12. The Balaban J connectivity index is 2.75. The second-order valence-electron chi connectivity index (χ2n) is 4.87. The molecule has 0 saturated carbocycles. The van der Waals surface area contributed by atoms with Crippen LogP contribution in [-0.2, 0) is 20.7 Å². The third-order valence-electron chi connectivity index (χ3n) is 3.29. The van der Waals surface area contributed by atoms with Gasteiger partial charge in [-0.2, -0.15) is 5.26 Å². The summed E-state index contributed by atoms with van der Waals surface area (Å²) in [6.45, 7) is 4.19. The van der Waals surface area contributed by atoms with Crippen molar-refractivity contribution in [3.8, 4) is 6.07 Å². The summed E-state index contributed by atoms with van der Waals surface area (Å²) < 4.78 is 4.50. The fourth-order valence-corrected chi connectivity index (χ4v) is 1.98. The lowest BCUT2D eigenvalue weighted by atomic mass is 10.1. The molecule has 0 unspecified atom stereocenters. The van der Waals surface area contributed by atoms with Gasteiger partial charge in [-0.15, -0.1) is 0 Å². The molecule has 0 atom stereocenters. The number of aryl methyl sites for hydroxylation is 2. The van der Waals surface area contributed by atoms with E-state index in [1.807, 2.05) is 38.1 Å². The van der Waals surface area contributed by atoms with Crippen molar-refractivity contribution in [1.29, 1.82) is 5.26 Å². The molecule has 0 bridgehead atoms. The lowest BCUT2D eigenvalue weighted by Crippen LogP contribution is -2.19. The van der Waals surface area contributed by atoms with E-state index in [0.717, 1.165) is 23.2 Å². The fraction of sp³-hybridized carbons (Fsp3) is 0.353. The third kappa shape index (κ3) is 5.47. The Bertz CT molecular complexity index is 645. The Morgan fingerprint density at radius 3 is 2.74 bits per heavy atom. The maximum atomic E-state index is 12.2. The molecule has 1 amide bonds. The zero-order valence-electron chi connectivity index (χ0n) is 13.6. The second-order valence-corrected chi connectivity index (χ2v) is 4.87. The number of ether oxygens (including phenoxy) is 1. The Morgan fingerprint density at radius 2 is 2.13 bits per heavy atom. The summed E-state index contributed by atoms with van der Waals surface area (Å²) in [6, 6.07) is 7.62. The smallest absolute Gasteiger partial charge is 0.307 e. The number of esters is 1. The third-order valence-corrected chi connectivity index (χ3v) is 3.29. The van der Waals surface area contributed by atoms with E-state index in [2.05, 4.69) is 15.4 Å². The van der Waals surface area contributed by atoms with Crippen molar-refractivity contribution in [3.63, 3.8) is 0 Å². The van der Waals surface area contributed by atoms with E-state index in [1.54, 1.807) is 0 Å². The van der Waals surface area contributed by atoms with Crippen molar-refractivity contribution in [2.45, 2.75) is 26.7 Å². The van der Waals surface area contributed by atoms with Gasteiger partial charge in [0.2, 0.25) is 0 Å². The summed E-state index contributed by atoms with van der Waals surface area (Å²) >= 11 is 0. The molecule has 0 aromatic heterocycles. The second kappa shape index (κ2) is 9.26. The zero-order valence-corrected chi connectivity index (χ0v) is 13.6. The van der Waals surface area contributed by atoms with Crippen LogP contribution in [0.5, 0.6) is 0 Å². The van der Waals surface area contributed by atoms with Crippen LogP contribution >= 0.6 is 0 Å². The highest BCUT2D eigenvalue weighted by atomic mass is 16.5. The standard InChI is InChI=1S/C17H21N3O3/c1-4-13-7-5-6-12(2)16(13)20-17(22)14(10-18)11-19-9-8-15(21)23-3/h5-7,11,19H,4,8-9H2,1-3H3,(H,20,22)/b14-11-. The number of carbonyl (C=O) groups is 2. The number of hydrogen-bond donors (Lipinski definition) is 2. The number of hydrogen-bond acceptors (Lipinski definition) is 5. The summed E-state index contributed by atoms with van der Waals surface area (Å²) in [4.78, 5) is 23.2. The molecule has 0 heterocycles. The first-order chi connectivity index (χ1) is 11.0. The maximum Gasteiger partial charge on any atom is 0.307 e. The average molecular weight is 315 g/mol. The molecule has 0 fully saturated rings. The number of methoxy groups -OCH3 is 1. The zero-order chi connectivity index (χ0) is 17.2. The van der Waals surface area contributed by atoms with Gasteiger partial charge in [0.25, 0.3) is 5.91 Å². The van der Waals surface area contributed by atoms with Crippen molar-refractivity contribution in [2.24, 2.45) is 0 Å². The van der Waals surface area contributed by atoms with Crippen LogP contribution in [0, 0.1) is 18.3 Å². The van der Waals surface area contributed by atoms with Gasteiger partial charge in [0, 0.05) is 18.4 Å². The monoisotopic (exact) mass is 315 g/mol. The number of benzene rings is 1. The molecule has 1 aromatic carbocycles. The van der Waals surface area contributed by atoms with Crippen LogP contribution in [0.1, 0.15) is 24.5 Å². The molecule has 0 aliphatic rings. The lowest BCUT2D eigenvalue weighted by molar-refractivity contribution is -0.140. The topological polar surface area (TPSA) is 91.2 Å². The minimum absolute atomic E-state index is 0.0554. The summed E-state index contributed by atoms with van der Waals surface area (Å²) in [7, 11) is 1.31. The quantitative estimate of drug-likeness (QED) is 0.348. The summed E-state index contributed by atoms with van der Waals surface area (Å²) in [5.74, 6) is -0.844. The number of nitrogens with one attached hydrogen (secondary N) is 2. The Hall–Kier alpha value is -2.81. The SMILES string of the molecule is CCc1cccc(C)c1NC(=O)/C(C#N)=C\NCCC(=O)OC. The highest BCUT2D eigenvalue weighted by Gasteiger charge is 2.12. The van der Waals surface area contributed by atoms with E-state index in [1.165, 1.54) is 13.3 Å². The molecule has 0 spiro atoms. The van der Waals surface area contributed by atoms with Crippen LogP contribution in [0.2, 0.25) is 0 Å². The van der Waals surface area contributed by atoms with Crippen molar-refractivity contribution in [3.05, 3.63) is 41.1 Å². The molecule has 0 aliphatic carbocycles. The molecule has 6 heteroatoms. The predicted molar refractivity (Wildman–Crippen MR) is 87.5 cm³/mol. The Kier molecular flexibility index (Phi) is 7.34. The minimum atomic E-state index is -0.484. The molecule has 0 aliphatic heterocycles. The first-order valence-corrected chi connectivity index (χ1v) is 7.33. The van der Waals surface area contributed by atoms with Crippen molar-refractivity contribution < 1.29 is 14.3 Å². The number of anilines is 1. The van der Waals surface area contributed by atoms with Gasteiger partial charge in [-0.3, -0.25) is 9.59 Å². The van der Waals surface area contributed by atoms with E-state index < -0.39 is 5.91 Å². The fourth-order valence-electron chi connectivity index (χ4n) is 1.98. The highest BCUT2D eigenvalue weighted by molar-refractivity contribution is 6.07. The predicted octanol–water partition coefficient (Wildman–Crippen LogP) is 2.06. The molecule has 6 nitrogen and oxygen atoms in total. The number of amides is 1.